The molecule has 6 heteroatoms. The largest absolute Gasteiger partial charge is 0.481 e. The summed E-state index contributed by atoms with van der Waals surface area (Å²) in [6.07, 6.45) is 1.19. The van der Waals surface area contributed by atoms with Crippen LogP contribution >= 0.6 is 15.9 Å². The van der Waals surface area contributed by atoms with E-state index in [2.05, 4.69) is 26.6 Å². The molecule has 0 heterocycles. The highest BCUT2D eigenvalue weighted by molar-refractivity contribution is 9.10. The molecule has 2 amide bonds. The van der Waals surface area contributed by atoms with Crippen LogP contribution in [0.1, 0.15) is 19.8 Å². The van der Waals surface area contributed by atoms with Crippen molar-refractivity contribution in [2.24, 2.45) is 5.92 Å². The summed E-state index contributed by atoms with van der Waals surface area (Å²) in [4.78, 5) is 22.1. The smallest absolute Gasteiger partial charge is 0.319 e. The molecule has 0 aromatic heterocycles. The van der Waals surface area contributed by atoms with Gasteiger partial charge in [0.15, 0.2) is 0 Å². The summed E-state index contributed by atoms with van der Waals surface area (Å²) in [7, 11) is 0. The first-order valence-electron chi connectivity index (χ1n) is 6.02. The molecule has 0 aliphatic rings. The average molecular weight is 329 g/mol. The highest BCUT2D eigenvalue weighted by atomic mass is 79.9. The van der Waals surface area contributed by atoms with Gasteiger partial charge in [0.05, 0.1) is 5.92 Å². The number of hydrogen-bond acceptors (Lipinski definition) is 2. The number of anilines is 1. The summed E-state index contributed by atoms with van der Waals surface area (Å²) >= 11 is 3.32. The minimum absolute atomic E-state index is 0.291. The van der Waals surface area contributed by atoms with Crippen LogP contribution < -0.4 is 10.6 Å². The van der Waals surface area contributed by atoms with Crippen LogP contribution in [0.4, 0.5) is 10.5 Å². The highest BCUT2D eigenvalue weighted by Crippen LogP contribution is 2.15. The molecule has 3 N–H and O–H groups in total. The van der Waals surface area contributed by atoms with Gasteiger partial charge in [0.2, 0.25) is 0 Å². The van der Waals surface area contributed by atoms with Crippen molar-refractivity contribution < 1.29 is 14.7 Å². The molecule has 1 rings (SSSR count). The van der Waals surface area contributed by atoms with Crippen LogP contribution in [0, 0.1) is 5.92 Å². The first-order chi connectivity index (χ1) is 8.99. The fourth-order valence-electron chi connectivity index (χ4n) is 1.48. The lowest BCUT2D eigenvalue weighted by atomic mass is 10.1. The number of aliphatic carboxylic acids is 1. The fraction of sp³-hybridized carbons (Fsp3) is 0.385. The number of halogens is 1. The van der Waals surface area contributed by atoms with Crippen molar-refractivity contribution in [2.45, 2.75) is 19.8 Å². The number of rotatable bonds is 6. The van der Waals surface area contributed by atoms with Crippen LogP contribution in [0.3, 0.4) is 0 Å². The molecule has 104 valence electrons. The van der Waals surface area contributed by atoms with Crippen LogP contribution in [-0.2, 0) is 4.79 Å². The molecule has 0 radical (unpaired) electrons. The molecular weight excluding hydrogens is 312 g/mol. The van der Waals surface area contributed by atoms with Crippen molar-refractivity contribution in [3.05, 3.63) is 28.7 Å². The fourth-order valence-corrected chi connectivity index (χ4v) is 1.87. The van der Waals surface area contributed by atoms with E-state index in [9.17, 15) is 9.59 Å². The molecule has 0 saturated carbocycles. The van der Waals surface area contributed by atoms with Gasteiger partial charge in [0, 0.05) is 16.7 Å². The molecular formula is C13H17BrN2O3. The Labute approximate surface area is 120 Å². The Morgan fingerprint density at radius 3 is 2.79 bits per heavy atom. The maximum absolute atomic E-state index is 11.5. The summed E-state index contributed by atoms with van der Waals surface area (Å²) in [5.41, 5.74) is 0.700. The number of carboxylic acids is 1. The standard InChI is InChI=1S/C13H17BrN2O3/c1-9(12(17)18)4-3-7-15-13(19)16-11-6-2-5-10(14)8-11/h2,5-6,8-9H,3-4,7H2,1H3,(H,17,18)(H2,15,16,19). The SMILES string of the molecule is CC(CCCNC(=O)Nc1cccc(Br)c1)C(=O)O. The molecule has 0 aliphatic heterocycles. The first kappa shape index (κ1) is 15.5. The Morgan fingerprint density at radius 1 is 1.42 bits per heavy atom. The first-order valence-corrected chi connectivity index (χ1v) is 6.81. The molecule has 1 atom stereocenters. The predicted octanol–water partition coefficient (Wildman–Crippen LogP) is 3.07. The quantitative estimate of drug-likeness (QED) is 0.702. The highest BCUT2D eigenvalue weighted by Gasteiger charge is 2.10. The monoisotopic (exact) mass is 328 g/mol. The Kier molecular flexibility index (Phi) is 6.35. The zero-order chi connectivity index (χ0) is 14.3. The number of carbonyl (C=O) groups excluding carboxylic acids is 1. The topological polar surface area (TPSA) is 78.4 Å². The lowest BCUT2D eigenvalue weighted by Crippen LogP contribution is -2.29. The van der Waals surface area contributed by atoms with Gasteiger partial charge < -0.3 is 15.7 Å². The van der Waals surface area contributed by atoms with E-state index in [1.807, 2.05) is 12.1 Å². The second-order valence-corrected chi connectivity index (χ2v) is 5.19. The number of carboxylic acid groups (broad SMARTS) is 1. The molecule has 1 aromatic rings. The zero-order valence-corrected chi connectivity index (χ0v) is 12.2. The Balaban J connectivity index is 2.23. The molecule has 0 bridgehead atoms. The third-order valence-corrected chi connectivity index (χ3v) is 3.10. The number of benzene rings is 1. The van der Waals surface area contributed by atoms with Crippen molar-refractivity contribution in [3.8, 4) is 0 Å². The molecule has 0 aliphatic carbocycles. The predicted molar refractivity (Wildman–Crippen MR) is 77.2 cm³/mol. The molecule has 19 heavy (non-hydrogen) atoms. The van der Waals surface area contributed by atoms with Gasteiger partial charge in [0.1, 0.15) is 0 Å². The third-order valence-electron chi connectivity index (χ3n) is 2.60. The molecule has 0 fully saturated rings. The number of urea groups is 1. The van der Waals surface area contributed by atoms with Crippen molar-refractivity contribution in [1.82, 2.24) is 5.32 Å². The van der Waals surface area contributed by atoms with Crippen molar-refractivity contribution in [2.75, 3.05) is 11.9 Å². The maximum atomic E-state index is 11.5. The van der Waals surface area contributed by atoms with Crippen LogP contribution in [0.25, 0.3) is 0 Å². The van der Waals surface area contributed by atoms with Gasteiger partial charge in [0.25, 0.3) is 0 Å². The average Bonchev–Trinajstić information content (AvgIpc) is 2.34. The number of nitrogens with one attached hydrogen (secondary N) is 2. The van der Waals surface area contributed by atoms with Crippen molar-refractivity contribution >= 4 is 33.6 Å². The summed E-state index contributed by atoms with van der Waals surface area (Å²) in [5.74, 6) is -1.19. The molecule has 0 spiro atoms. The summed E-state index contributed by atoms with van der Waals surface area (Å²) < 4.78 is 0.889. The maximum Gasteiger partial charge on any atom is 0.319 e. The van der Waals surface area contributed by atoms with Crippen molar-refractivity contribution in [1.29, 1.82) is 0 Å². The van der Waals surface area contributed by atoms with Crippen LogP contribution in [0.5, 0.6) is 0 Å². The molecule has 1 aromatic carbocycles. The van der Waals surface area contributed by atoms with Crippen LogP contribution in [0.2, 0.25) is 0 Å². The van der Waals surface area contributed by atoms with E-state index in [0.29, 0.717) is 25.1 Å². The van der Waals surface area contributed by atoms with Gasteiger partial charge in [-0.1, -0.05) is 28.9 Å². The van der Waals surface area contributed by atoms with E-state index >= 15 is 0 Å². The van der Waals surface area contributed by atoms with Gasteiger partial charge >= 0.3 is 12.0 Å². The van der Waals surface area contributed by atoms with Gasteiger partial charge in [-0.05, 0) is 31.0 Å². The van der Waals surface area contributed by atoms with Gasteiger partial charge in [-0.15, -0.1) is 0 Å². The Bertz CT molecular complexity index is 451. The minimum atomic E-state index is -0.807. The normalized spacial score (nSPS) is 11.7. The van der Waals surface area contributed by atoms with Gasteiger partial charge in [-0.3, -0.25) is 4.79 Å². The molecule has 1 unspecified atom stereocenters. The lowest BCUT2D eigenvalue weighted by molar-refractivity contribution is -0.141. The minimum Gasteiger partial charge on any atom is -0.481 e. The Morgan fingerprint density at radius 2 is 2.16 bits per heavy atom. The number of hydrogen-bond donors (Lipinski definition) is 3. The van der Waals surface area contributed by atoms with E-state index in [1.54, 1.807) is 19.1 Å². The molecule has 0 saturated heterocycles. The van der Waals surface area contributed by atoms with E-state index in [4.69, 9.17) is 5.11 Å². The summed E-state index contributed by atoms with van der Waals surface area (Å²) in [6.45, 7) is 2.11. The third kappa shape index (κ3) is 6.24. The summed E-state index contributed by atoms with van der Waals surface area (Å²) in [6, 6.07) is 6.99. The summed E-state index contributed by atoms with van der Waals surface area (Å²) in [5, 5.41) is 14.1. The Hall–Kier alpha value is -1.56. The second-order valence-electron chi connectivity index (χ2n) is 4.27. The molecule has 5 nitrogen and oxygen atoms in total. The van der Waals surface area contributed by atoms with Gasteiger partial charge in [-0.25, -0.2) is 4.79 Å². The van der Waals surface area contributed by atoms with Crippen LogP contribution in [-0.4, -0.2) is 23.7 Å². The lowest BCUT2D eigenvalue weighted by Gasteiger charge is -2.09. The number of amides is 2. The van der Waals surface area contributed by atoms with Crippen molar-refractivity contribution in [3.63, 3.8) is 0 Å². The second kappa shape index (κ2) is 7.78. The zero-order valence-electron chi connectivity index (χ0n) is 10.6. The van der Waals surface area contributed by atoms with E-state index in [1.165, 1.54) is 0 Å². The van der Waals surface area contributed by atoms with Gasteiger partial charge in [-0.2, -0.15) is 0 Å². The van der Waals surface area contributed by atoms with E-state index < -0.39 is 5.97 Å². The van der Waals surface area contributed by atoms with E-state index in [-0.39, 0.29) is 11.9 Å². The van der Waals surface area contributed by atoms with Crippen LogP contribution in [0.15, 0.2) is 28.7 Å². The number of carbonyl (C=O) groups is 2. The van der Waals surface area contributed by atoms with E-state index in [0.717, 1.165) is 4.47 Å².